The molecule has 2 aromatic heterocycles. The summed E-state index contributed by atoms with van der Waals surface area (Å²) < 4.78 is 5.36. The van der Waals surface area contributed by atoms with Gasteiger partial charge in [0.05, 0.1) is 0 Å². The molecule has 7 heteroatoms. The van der Waals surface area contributed by atoms with Gasteiger partial charge in [0.15, 0.2) is 5.82 Å². The van der Waals surface area contributed by atoms with Gasteiger partial charge in [0.2, 0.25) is 0 Å². The molecule has 0 bridgehead atoms. The van der Waals surface area contributed by atoms with Crippen LogP contribution in [0.3, 0.4) is 0 Å². The second-order valence-corrected chi connectivity index (χ2v) is 6.59. The maximum atomic E-state index is 12.4. The molecular weight excluding hydrogens is 342 g/mol. The Morgan fingerprint density at radius 1 is 1.19 bits per heavy atom. The molecule has 1 saturated heterocycles. The first kappa shape index (κ1) is 17.2. The van der Waals surface area contributed by atoms with E-state index in [1.54, 1.807) is 12.4 Å². The van der Waals surface area contributed by atoms with Crippen LogP contribution in [0, 0.1) is 0 Å². The van der Waals surface area contributed by atoms with E-state index in [9.17, 15) is 4.79 Å². The lowest BCUT2D eigenvalue weighted by molar-refractivity contribution is 0.208. The van der Waals surface area contributed by atoms with E-state index in [1.807, 2.05) is 35.2 Å². The van der Waals surface area contributed by atoms with Gasteiger partial charge in [-0.3, -0.25) is 4.98 Å². The summed E-state index contributed by atoms with van der Waals surface area (Å²) in [5.41, 5.74) is 2.06. The summed E-state index contributed by atoms with van der Waals surface area (Å²) in [7, 11) is 0. The molecule has 27 heavy (non-hydrogen) atoms. The Morgan fingerprint density at radius 3 is 2.81 bits per heavy atom. The van der Waals surface area contributed by atoms with Crippen LogP contribution >= 0.6 is 0 Å². The molecule has 4 rings (SSSR count). The summed E-state index contributed by atoms with van der Waals surface area (Å²) >= 11 is 0. The first-order valence-electron chi connectivity index (χ1n) is 9.10. The van der Waals surface area contributed by atoms with Crippen molar-refractivity contribution in [3.63, 3.8) is 0 Å². The SMILES string of the molecule is O=C(NCCc1ccccc1)N1CCC(c2noc(-c3ccncc3)n2)C1. The number of carbonyl (C=O) groups is 1. The third-order valence-electron chi connectivity index (χ3n) is 4.74. The van der Waals surface area contributed by atoms with Crippen LogP contribution in [0.5, 0.6) is 0 Å². The second kappa shape index (κ2) is 7.99. The minimum absolute atomic E-state index is 0.0358. The zero-order valence-electron chi connectivity index (χ0n) is 14.9. The molecule has 1 unspecified atom stereocenters. The fourth-order valence-corrected chi connectivity index (χ4v) is 3.24. The number of hydrogen-bond acceptors (Lipinski definition) is 5. The molecule has 3 heterocycles. The molecule has 1 aliphatic rings. The molecule has 1 N–H and O–H groups in total. The quantitative estimate of drug-likeness (QED) is 0.753. The van der Waals surface area contributed by atoms with Gasteiger partial charge in [0.1, 0.15) is 0 Å². The molecule has 1 aromatic carbocycles. The highest BCUT2D eigenvalue weighted by Gasteiger charge is 2.30. The summed E-state index contributed by atoms with van der Waals surface area (Å²) in [6, 6.07) is 13.8. The maximum absolute atomic E-state index is 12.4. The molecule has 0 spiro atoms. The van der Waals surface area contributed by atoms with Crippen molar-refractivity contribution in [3.05, 3.63) is 66.2 Å². The van der Waals surface area contributed by atoms with Gasteiger partial charge in [0, 0.05) is 43.5 Å². The molecule has 1 aliphatic heterocycles. The Kier molecular flexibility index (Phi) is 5.09. The van der Waals surface area contributed by atoms with Crippen LogP contribution < -0.4 is 5.32 Å². The van der Waals surface area contributed by atoms with E-state index in [1.165, 1.54) is 5.56 Å². The van der Waals surface area contributed by atoms with E-state index < -0.39 is 0 Å². The van der Waals surface area contributed by atoms with Gasteiger partial charge in [0.25, 0.3) is 5.89 Å². The third kappa shape index (κ3) is 4.13. The molecule has 0 saturated carbocycles. The van der Waals surface area contributed by atoms with Crippen molar-refractivity contribution in [2.24, 2.45) is 0 Å². The van der Waals surface area contributed by atoms with E-state index in [0.717, 1.165) is 18.4 Å². The predicted molar refractivity (Wildman–Crippen MR) is 100 cm³/mol. The summed E-state index contributed by atoms with van der Waals surface area (Å²) in [4.78, 5) is 22.7. The zero-order valence-corrected chi connectivity index (χ0v) is 14.9. The summed E-state index contributed by atoms with van der Waals surface area (Å²) in [6.07, 6.45) is 5.04. The van der Waals surface area contributed by atoms with Gasteiger partial charge in [-0.2, -0.15) is 4.98 Å². The predicted octanol–water partition coefficient (Wildman–Crippen LogP) is 2.87. The van der Waals surface area contributed by atoms with E-state index in [-0.39, 0.29) is 11.9 Å². The smallest absolute Gasteiger partial charge is 0.317 e. The molecule has 2 amide bonds. The lowest BCUT2D eigenvalue weighted by atomic mass is 10.1. The number of benzene rings is 1. The number of nitrogens with zero attached hydrogens (tertiary/aromatic N) is 4. The normalized spacial score (nSPS) is 16.4. The van der Waals surface area contributed by atoms with Gasteiger partial charge in [-0.25, -0.2) is 4.79 Å². The molecule has 1 atom stereocenters. The Bertz CT molecular complexity index is 882. The van der Waals surface area contributed by atoms with Crippen LogP contribution in [0.15, 0.2) is 59.4 Å². The Labute approximate surface area is 157 Å². The summed E-state index contributed by atoms with van der Waals surface area (Å²) in [6.45, 7) is 1.92. The highest BCUT2D eigenvalue weighted by molar-refractivity contribution is 5.74. The standard InChI is InChI=1S/C20H21N5O2/c26-20(22-12-6-15-4-2-1-3-5-15)25-13-9-17(14-25)18-23-19(27-24-18)16-7-10-21-11-8-16/h1-5,7-8,10-11,17H,6,9,12-14H2,(H,22,26). The maximum Gasteiger partial charge on any atom is 0.317 e. The van der Waals surface area contributed by atoms with Crippen LogP contribution in [-0.2, 0) is 6.42 Å². The lowest BCUT2D eigenvalue weighted by Gasteiger charge is -2.16. The van der Waals surface area contributed by atoms with Gasteiger partial charge in [-0.05, 0) is 30.5 Å². The van der Waals surface area contributed by atoms with E-state index in [0.29, 0.717) is 31.3 Å². The van der Waals surface area contributed by atoms with Gasteiger partial charge in [-0.1, -0.05) is 35.5 Å². The van der Waals surface area contributed by atoms with Crippen molar-refractivity contribution in [2.45, 2.75) is 18.8 Å². The molecule has 7 nitrogen and oxygen atoms in total. The van der Waals surface area contributed by atoms with Crippen LogP contribution in [-0.4, -0.2) is 45.7 Å². The van der Waals surface area contributed by atoms with Crippen LogP contribution in [0.25, 0.3) is 11.5 Å². The Hall–Kier alpha value is -3.22. The number of aromatic nitrogens is 3. The molecule has 1 fully saturated rings. The Balaban J connectivity index is 1.29. The lowest BCUT2D eigenvalue weighted by Crippen LogP contribution is -2.39. The number of nitrogens with one attached hydrogen (secondary N) is 1. The number of carbonyl (C=O) groups excluding carboxylic acids is 1. The second-order valence-electron chi connectivity index (χ2n) is 6.59. The van der Waals surface area contributed by atoms with Crippen molar-refractivity contribution in [2.75, 3.05) is 19.6 Å². The highest BCUT2D eigenvalue weighted by atomic mass is 16.5. The largest absolute Gasteiger partial charge is 0.338 e. The summed E-state index contributed by atoms with van der Waals surface area (Å²) in [5, 5.41) is 7.10. The average molecular weight is 363 g/mol. The number of hydrogen-bond donors (Lipinski definition) is 1. The van der Waals surface area contributed by atoms with Crippen molar-refractivity contribution in [1.29, 1.82) is 0 Å². The monoisotopic (exact) mass is 363 g/mol. The average Bonchev–Trinajstić information content (AvgIpc) is 3.39. The highest BCUT2D eigenvalue weighted by Crippen LogP contribution is 2.27. The van der Waals surface area contributed by atoms with Crippen molar-refractivity contribution >= 4 is 6.03 Å². The number of pyridine rings is 1. The van der Waals surface area contributed by atoms with Crippen molar-refractivity contribution in [3.8, 4) is 11.5 Å². The van der Waals surface area contributed by atoms with Crippen LogP contribution in [0.2, 0.25) is 0 Å². The third-order valence-corrected chi connectivity index (χ3v) is 4.74. The van der Waals surface area contributed by atoms with Crippen LogP contribution in [0.1, 0.15) is 23.7 Å². The van der Waals surface area contributed by atoms with E-state index >= 15 is 0 Å². The first-order valence-corrected chi connectivity index (χ1v) is 9.10. The van der Waals surface area contributed by atoms with E-state index in [4.69, 9.17) is 4.52 Å². The molecular formula is C20H21N5O2. The van der Waals surface area contributed by atoms with Crippen LogP contribution in [0.4, 0.5) is 4.79 Å². The minimum Gasteiger partial charge on any atom is -0.338 e. The Morgan fingerprint density at radius 2 is 2.00 bits per heavy atom. The number of likely N-dealkylation sites (tertiary alicyclic amines) is 1. The molecule has 138 valence electrons. The van der Waals surface area contributed by atoms with Gasteiger partial charge in [-0.15, -0.1) is 0 Å². The molecule has 3 aromatic rings. The first-order chi connectivity index (χ1) is 13.3. The molecule has 0 radical (unpaired) electrons. The fraction of sp³-hybridized carbons (Fsp3) is 0.300. The fourth-order valence-electron chi connectivity index (χ4n) is 3.24. The molecule has 0 aliphatic carbocycles. The van der Waals surface area contributed by atoms with Gasteiger partial charge < -0.3 is 14.7 Å². The summed E-state index contributed by atoms with van der Waals surface area (Å²) in [5.74, 6) is 1.24. The number of amides is 2. The number of urea groups is 1. The zero-order chi connectivity index (χ0) is 18.5. The van der Waals surface area contributed by atoms with E-state index in [2.05, 4.69) is 32.6 Å². The topological polar surface area (TPSA) is 84.2 Å². The number of rotatable bonds is 5. The van der Waals surface area contributed by atoms with Gasteiger partial charge >= 0.3 is 6.03 Å². The minimum atomic E-state index is -0.0358. The van der Waals surface area contributed by atoms with Crippen molar-refractivity contribution < 1.29 is 9.32 Å². The van der Waals surface area contributed by atoms with Crippen molar-refractivity contribution in [1.82, 2.24) is 25.3 Å².